The van der Waals surface area contributed by atoms with E-state index >= 15 is 0 Å². The second-order valence-corrected chi connectivity index (χ2v) is 3.64. The number of nitrogens with two attached hydrogens (primary N) is 1. The Kier molecular flexibility index (Phi) is 5.53. The Morgan fingerprint density at radius 2 is 2.47 bits per heavy atom. The molecule has 1 unspecified atom stereocenters. The Bertz CT molecular complexity index is 354. The molecule has 1 rings (SSSR count). The summed E-state index contributed by atoms with van der Waals surface area (Å²) >= 11 is 0. The summed E-state index contributed by atoms with van der Waals surface area (Å²) < 4.78 is 1.31. The molecule has 1 heterocycles. The average Bonchev–Trinajstić information content (AvgIpc) is 2.72. The highest BCUT2D eigenvalue weighted by molar-refractivity contribution is 5.06. The van der Waals surface area contributed by atoms with Crippen molar-refractivity contribution in [1.29, 1.82) is 0 Å². The molecule has 1 aromatic heterocycles. The molecule has 0 aliphatic heterocycles. The van der Waals surface area contributed by atoms with Gasteiger partial charge in [-0.2, -0.15) is 0 Å². The van der Waals surface area contributed by atoms with Gasteiger partial charge < -0.3 is 26.3 Å². The first-order valence-corrected chi connectivity index (χ1v) is 5.39. The number of nitrogens with one attached hydrogen (secondary N) is 1. The number of rotatable bonds is 8. The highest BCUT2D eigenvalue weighted by atomic mass is 16.6. The normalized spacial score (nSPS) is 12.6. The summed E-state index contributed by atoms with van der Waals surface area (Å²) in [6, 6.07) is 0. The number of aliphatic hydroxyl groups excluding tert-OH is 1. The molecule has 0 fully saturated rings. The van der Waals surface area contributed by atoms with E-state index in [0.717, 1.165) is 13.0 Å². The summed E-state index contributed by atoms with van der Waals surface area (Å²) in [4.78, 5) is 13.6. The number of nitro groups is 1. The zero-order chi connectivity index (χ0) is 12.7. The monoisotopic (exact) mass is 243 g/mol. The van der Waals surface area contributed by atoms with Gasteiger partial charge in [-0.3, -0.25) is 0 Å². The van der Waals surface area contributed by atoms with Crippen molar-refractivity contribution in [3.63, 3.8) is 0 Å². The lowest BCUT2D eigenvalue weighted by Crippen LogP contribution is -2.31. The van der Waals surface area contributed by atoms with Gasteiger partial charge in [-0.1, -0.05) is 4.98 Å². The van der Waals surface area contributed by atoms with Gasteiger partial charge in [0.25, 0.3) is 0 Å². The van der Waals surface area contributed by atoms with Crippen molar-refractivity contribution < 1.29 is 10.0 Å². The minimum absolute atomic E-state index is 0.145. The fraction of sp³-hybridized carbons (Fsp3) is 0.667. The molecular weight excluding hydrogens is 226 g/mol. The van der Waals surface area contributed by atoms with Crippen LogP contribution >= 0.6 is 0 Å². The topological polar surface area (TPSA) is 119 Å². The van der Waals surface area contributed by atoms with Crippen LogP contribution in [0, 0.1) is 10.1 Å². The predicted molar refractivity (Wildman–Crippen MR) is 61.4 cm³/mol. The second-order valence-electron chi connectivity index (χ2n) is 3.64. The third kappa shape index (κ3) is 4.47. The van der Waals surface area contributed by atoms with Gasteiger partial charge in [0, 0.05) is 6.54 Å². The molecule has 4 N–H and O–H groups in total. The zero-order valence-electron chi connectivity index (χ0n) is 9.45. The Morgan fingerprint density at radius 3 is 3.12 bits per heavy atom. The molecule has 0 saturated carbocycles. The number of hydrogen-bond donors (Lipinski definition) is 3. The van der Waals surface area contributed by atoms with E-state index < -0.39 is 11.0 Å². The third-order valence-corrected chi connectivity index (χ3v) is 2.20. The van der Waals surface area contributed by atoms with E-state index in [0.29, 0.717) is 13.1 Å². The largest absolute Gasteiger partial charge is 0.434 e. The minimum Gasteiger partial charge on any atom is -0.390 e. The van der Waals surface area contributed by atoms with Gasteiger partial charge in [0.2, 0.25) is 0 Å². The van der Waals surface area contributed by atoms with Crippen LogP contribution in [0.1, 0.15) is 6.42 Å². The maximum absolute atomic E-state index is 10.6. The summed E-state index contributed by atoms with van der Waals surface area (Å²) in [5.74, 6) is -0.258. The van der Waals surface area contributed by atoms with Crippen molar-refractivity contribution in [2.24, 2.45) is 5.73 Å². The van der Waals surface area contributed by atoms with E-state index in [-0.39, 0.29) is 12.5 Å². The summed E-state index contributed by atoms with van der Waals surface area (Å²) in [6.45, 7) is 1.83. The van der Waals surface area contributed by atoms with Gasteiger partial charge in [0.05, 0.1) is 12.6 Å². The summed E-state index contributed by atoms with van der Waals surface area (Å²) in [6.07, 6.45) is 2.95. The van der Waals surface area contributed by atoms with Gasteiger partial charge >= 0.3 is 5.95 Å². The highest BCUT2D eigenvalue weighted by Gasteiger charge is 2.16. The van der Waals surface area contributed by atoms with Gasteiger partial charge in [0.15, 0.2) is 0 Å². The quantitative estimate of drug-likeness (QED) is 0.309. The maximum Gasteiger partial charge on any atom is 0.434 e. The lowest BCUT2D eigenvalue weighted by atomic mass is 10.3. The minimum atomic E-state index is -0.694. The predicted octanol–water partition coefficient (Wildman–Crippen LogP) is -0.909. The number of hydrogen-bond acceptors (Lipinski definition) is 6. The van der Waals surface area contributed by atoms with Crippen LogP contribution in [0.2, 0.25) is 0 Å². The lowest BCUT2D eigenvalue weighted by molar-refractivity contribution is -0.397. The number of nitrogens with zero attached hydrogens (tertiary/aromatic N) is 3. The first kappa shape index (κ1) is 13.6. The average molecular weight is 243 g/mol. The lowest BCUT2D eigenvalue weighted by Gasteiger charge is -2.10. The third-order valence-electron chi connectivity index (χ3n) is 2.20. The van der Waals surface area contributed by atoms with Crippen LogP contribution in [-0.4, -0.2) is 45.3 Å². The first-order chi connectivity index (χ1) is 8.15. The van der Waals surface area contributed by atoms with E-state index in [4.69, 9.17) is 5.73 Å². The van der Waals surface area contributed by atoms with Crippen LogP contribution in [0.3, 0.4) is 0 Å². The molecule has 1 atom stereocenters. The van der Waals surface area contributed by atoms with E-state index in [1.807, 2.05) is 0 Å². The first-order valence-electron chi connectivity index (χ1n) is 5.39. The van der Waals surface area contributed by atoms with Crippen molar-refractivity contribution in [3.8, 4) is 0 Å². The van der Waals surface area contributed by atoms with Crippen LogP contribution in [0.5, 0.6) is 0 Å². The SMILES string of the molecule is NCCCNCC(O)Cn1ccnc1[N+](=O)[O-]. The highest BCUT2D eigenvalue weighted by Crippen LogP contribution is 2.07. The standard InChI is InChI=1S/C9H17N5O3/c10-2-1-3-11-6-8(15)7-13-5-4-12-9(13)14(16)17/h4-5,8,11,15H,1-3,6-7,10H2. The van der Waals surface area contributed by atoms with Crippen LogP contribution in [0.25, 0.3) is 0 Å². The van der Waals surface area contributed by atoms with Gasteiger partial charge in [-0.15, -0.1) is 0 Å². The maximum atomic E-state index is 10.6. The van der Waals surface area contributed by atoms with E-state index in [9.17, 15) is 15.2 Å². The Labute approximate surface area is 98.6 Å². The van der Waals surface area contributed by atoms with Gasteiger partial charge in [-0.05, 0) is 24.4 Å². The summed E-state index contributed by atoms with van der Waals surface area (Å²) in [5, 5.41) is 23.2. The Hall–Kier alpha value is -1.51. The molecule has 8 heteroatoms. The second kappa shape index (κ2) is 6.94. The number of aromatic nitrogens is 2. The summed E-state index contributed by atoms with van der Waals surface area (Å²) in [5.41, 5.74) is 5.32. The van der Waals surface area contributed by atoms with E-state index in [2.05, 4.69) is 10.3 Å². The fourth-order valence-electron chi connectivity index (χ4n) is 1.40. The molecule has 0 spiro atoms. The van der Waals surface area contributed by atoms with Crippen molar-refractivity contribution in [1.82, 2.24) is 14.9 Å². The van der Waals surface area contributed by atoms with Crippen molar-refractivity contribution in [3.05, 3.63) is 22.5 Å². The molecule has 0 bridgehead atoms. The van der Waals surface area contributed by atoms with Crippen molar-refractivity contribution in [2.75, 3.05) is 19.6 Å². The van der Waals surface area contributed by atoms with Gasteiger partial charge in [0.1, 0.15) is 12.4 Å². The molecule has 0 aliphatic rings. The van der Waals surface area contributed by atoms with Crippen molar-refractivity contribution >= 4 is 5.95 Å². The molecule has 0 saturated heterocycles. The van der Waals surface area contributed by atoms with Crippen LogP contribution < -0.4 is 11.1 Å². The van der Waals surface area contributed by atoms with Crippen LogP contribution in [0.15, 0.2) is 12.4 Å². The fourth-order valence-corrected chi connectivity index (χ4v) is 1.40. The van der Waals surface area contributed by atoms with E-state index in [1.165, 1.54) is 17.0 Å². The molecule has 0 aromatic carbocycles. The van der Waals surface area contributed by atoms with E-state index in [1.54, 1.807) is 0 Å². The summed E-state index contributed by atoms with van der Waals surface area (Å²) in [7, 11) is 0. The molecule has 0 amide bonds. The molecule has 17 heavy (non-hydrogen) atoms. The molecule has 96 valence electrons. The molecule has 0 radical (unpaired) electrons. The molecule has 0 aliphatic carbocycles. The van der Waals surface area contributed by atoms with Crippen LogP contribution in [0.4, 0.5) is 5.95 Å². The van der Waals surface area contributed by atoms with Crippen molar-refractivity contribution in [2.45, 2.75) is 19.1 Å². The van der Waals surface area contributed by atoms with Gasteiger partial charge in [-0.25, -0.2) is 4.57 Å². The molecule has 1 aromatic rings. The zero-order valence-corrected chi connectivity index (χ0v) is 9.45. The number of aliphatic hydroxyl groups is 1. The Balaban J connectivity index is 2.37. The molecular formula is C9H17N5O3. The number of imidazole rings is 1. The van der Waals surface area contributed by atoms with Crippen LogP contribution in [-0.2, 0) is 6.54 Å². The smallest absolute Gasteiger partial charge is 0.390 e. The Morgan fingerprint density at radius 1 is 1.71 bits per heavy atom. The molecule has 8 nitrogen and oxygen atoms in total.